The maximum atomic E-state index is 13.1. The van der Waals surface area contributed by atoms with Gasteiger partial charge in [0.1, 0.15) is 18.0 Å². The van der Waals surface area contributed by atoms with E-state index in [9.17, 15) is 14.7 Å². The van der Waals surface area contributed by atoms with Crippen molar-refractivity contribution in [1.82, 2.24) is 0 Å². The molecule has 0 saturated heterocycles. The fourth-order valence-electron chi connectivity index (χ4n) is 5.55. The zero-order valence-electron chi connectivity index (χ0n) is 21.4. The SMILES string of the molecule is CC=C(C)C(=O)OC1C=C(C)CC(OC(=O)c2ccc(OC)cc2)C2C1(C)CCC2(O)C(C)C. The molecule has 0 heterocycles. The summed E-state index contributed by atoms with van der Waals surface area (Å²) < 4.78 is 17.3. The molecule has 5 atom stereocenters. The number of hydrogen-bond acceptors (Lipinski definition) is 6. The van der Waals surface area contributed by atoms with Crippen LogP contribution in [0.4, 0.5) is 0 Å². The van der Waals surface area contributed by atoms with Crippen molar-refractivity contribution in [3.8, 4) is 5.75 Å². The van der Waals surface area contributed by atoms with Crippen LogP contribution in [0, 0.1) is 17.3 Å². The Morgan fingerprint density at radius 3 is 2.35 bits per heavy atom. The van der Waals surface area contributed by atoms with Gasteiger partial charge in [-0.2, -0.15) is 0 Å². The third-order valence-corrected chi connectivity index (χ3v) is 7.87. The lowest BCUT2D eigenvalue weighted by atomic mass is 9.66. The van der Waals surface area contributed by atoms with E-state index >= 15 is 0 Å². The van der Waals surface area contributed by atoms with Crippen molar-refractivity contribution in [2.75, 3.05) is 7.11 Å². The summed E-state index contributed by atoms with van der Waals surface area (Å²) in [6, 6.07) is 6.79. The minimum Gasteiger partial charge on any atom is -0.497 e. The van der Waals surface area contributed by atoms with E-state index in [2.05, 4.69) is 0 Å². The fourth-order valence-corrected chi connectivity index (χ4v) is 5.55. The fraction of sp³-hybridized carbons (Fsp3) is 0.571. The molecule has 1 aromatic rings. The molecule has 186 valence electrons. The molecule has 5 unspecified atom stereocenters. The standard InChI is InChI=1S/C28H38O6/c1-8-19(5)25(29)34-23-16-18(4)15-22(24-27(23,6)13-14-28(24,31)17(2)3)33-26(30)20-9-11-21(32-7)12-10-20/h8-12,16-17,22-24,31H,13-15H2,1-7H3. The lowest BCUT2D eigenvalue weighted by Gasteiger charge is -2.45. The zero-order valence-corrected chi connectivity index (χ0v) is 21.4. The molecule has 0 bridgehead atoms. The number of esters is 2. The first kappa shape index (κ1) is 26.0. The Balaban J connectivity index is 1.99. The van der Waals surface area contributed by atoms with Crippen LogP contribution in [0.15, 0.2) is 47.6 Å². The summed E-state index contributed by atoms with van der Waals surface area (Å²) >= 11 is 0. The van der Waals surface area contributed by atoms with Crippen LogP contribution in [0.1, 0.15) is 71.2 Å². The predicted molar refractivity (Wildman–Crippen MR) is 131 cm³/mol. The molecule has 34 heavy (non-hydrogen) atoms. The van der Waals surface area contributed by atoms with Crippen molar-refractivity contribution in [3.05, 3.63) is 53.1 Å². The van der Waals surface area contributed by atoms with E-state index in [0.717, 1.165) is 5.57 Å². The Hall–Kier alpha value is -2.60. The van der Waals surface area contributed by atoms with Crippen LogP contribution in [0.3, 0.4) is 0 Å². The van der Waals surface area contributed by atoms with E-state index in [1.165, 1.54) is 0 Å². The molecule has 0 aliphatic heterocycles. The van der Waals surface area contributed by atoms with Gasteiger partial charge in [0.2, 0.25) is 0 Å². The van der Waals surface area contributed by atoms with Crippen molar-refractivity contribution in [2.45, 2.75) is 78.6 Å². The van der Waals surface area contributed by atoms with Gasteiger partial charge in [0, 0.05) is 23.3 Å². The quantitative estimate of drug-likeness (QED) is 0.347. The summed E-state index contributed by atoms with van der Waals surface area (Å²) in [4.78, 5) is 25.8. The predicted octanol–water partition coefficient (Wildman–Crippen LogP) is 5.25. The summed E-state index contributed by atoms with van der Waals surface area (Å²) in [7, 11) is 1.57. The Bertz CT molecular complexity index is 975. The maximum Gasteiger partial charge on any atom is 0.338 e. The second kappa shape index (κ2) is 9.95. The van der Waals surface area contributed by atoms with Gasteiger partial charge in [0.15, 0.2) is 0 Å². The molecule has 1 aromatic carbocycles. The van der Waals surface area contributed by atoms with E-state index in [1.807, 2.05) is 33.8 Å². The number of aliphatic hydroxyl groups is 1. The first-order valence-corrected chi connectivity index (χ1v) is 12.0. The summed E-state index contributed by atoms with van der Waals surface area (Å²) in [5.74, 6) is -0.622. The maximum absolute atomic E-state index is 13.1. The highest BCUT2D eigenvalue weighted by molar-refractivity contribution is 5.89. The Morgan fingerprint density at radius 1 is 1.15 bits per heavy atom. The van der Waals surface area contributed by atoms with E-state index in [4.69, 9.17) is 14.2 Å². The molecule has 1 N–H and O–H groups in total. The molecule has 3 rings (SSSR count). The summed E-state index contributed by atoms with van der Waals surface area (Å²) in [6.07, 6.45) is 4.28. The first-order valence-electron chi connectivity index (χ1n) is 12.0. The number of ether oxygens (including phenoxy) is 3. The third kappa shape index (κ3) is 4.78. The number of benzene rings is 1. The summed E-state index contributed by atoms with van der Waals surface area (Å²) in [6.45, 7) is 11.5. The van der Waals surface area contributed by atoms with E-state index in [1.54, 1.807) is 51.3 Å². The highest BCUT2D eigenvalue weighted by Crippen LogP contribution is 2.58. The number of hydrogen-bond donors (Lipinski definition) is 1. The number of fused-ring (bicyclic) bond motifs is 1. The number of rotatable bonds is 6. The van der Waals surface area contributed by atoms with E-state index in [0.29, 0.717) is 36.1 Å². The molecular formula is C28H38O6. The van der Waals surface area contributed by atoms with Crippen molar-refractivity contribution >= 4 is 11.9 Å². The molecule has 1 fully saturated rings. The molecule has 2 aliphatic rings. The summed E-state index contributed by atoms with van der Waals surface area (Å²) in [5, 5.41) is 11.9. The Kier molecular flexibility index (Phi) is 7.61. The van der Waals surface area contributed by atoms with Gasteiger partial charge in [0.05, 0.1) is 18.3 Å². The number of allylic oxidation sites excluding steroid dienone is 1. The Morgan fingerprint density at radius 2 is 1.79 bits per heavy atom. The Labute approximate surface area is 203 Å². The lowest BCUT2D eigenvalue weighted by Crippen LogP contribution is -2.53. The molecule has 0 radical (unpaired) electrons. The zero-order chi connectivity index (χ0) is 25.3. The number of carbonyl (C=O) groups is 2. The monoisotopic (exact) mass is 470 g/mol. The highest BCUT2D eigenvalue weighted by atomic mass is 16.6. The van der Waals surface area contributed by atoms with Crippen LogP contribution < -0.4 is 4.74 Å². The van der Waals surface area contributed by atoms with Gasteiger partial charge in [0.25, 0.3) is 0 Å². The topological polar surface area (TPSA) is 82.1 Å². The van der Waals surface area contributed by atoms with Crippen molar-refractivity contribution in [2.24, 2.45) is 17.3 Å². The van der Waals surface area contributed by atoms with Crippen molar-refractivity contribution in [1.29, 1.82) is 0 Å². The average Bonchev–Trinajstić information content (AvgIpc) is 3.04. The minimum absolute atomic E-state index is 0.0615. The normalized spacial score (nSPS) is 31.4. The second-order valence-electron chi connectivity index (χ2n) is 10.3. The van der Waals surface area contributed by atoms with Crippen molar-refractivity contribution < 1.29 is 28.9 Å². The van der Waals surface area contributed by atoms with Gasteiger partial charge in [-0.15, -0.1) is 0 Å². The molecule has 1 saturated carbocycles. The number of carbonyl (C=O) groups excluding carboxylic acids is 2. The van der Waals surface area contributed by atoms with E-state index in [-0.39, 0.29) is 11.9 Å². The third-order valence-electron chi connectivity index (χ3n) is 7.87. The molecule has 0 aromatic heterocycles. The molecule has 6 nitrogen and oxygen atoms in total. The van der Waals surface area contributed by atoms with Crippen LogP contribution in [-0.2, 0) is 14.3 Å². The van der Waals surface area contributed by atoms with Gasteiger partial charge >= 0.3 is 11.9 Å². The van der Waals surface area contributed by atoms with Crippen LogP contribution in [0.5, 0.6) is 5.75 Å². The van der Waals surface area contributed by atoms with Crippen LogP contribution in [0.25, 0.3) is 0 Å². The van der Waals surface area contributed by atoms with Crippen LogP contribution in [0.2, 0.25) is 0 Å². The summed E-state index contributed by atoms with van der Waals surface area (Å²) in [5.41, 5.74) is 0.273. The van der Waals surface area contributed by atoms with Crippen LogP contribution >= 0.6 is 0 Å². The average molecular weight is 471 g/mol. The van der Waals surface area contributed by atoms with Gasteiger partial charge in [-0.3, -0.25) is 0 Å². The number of methoxy groups -OCH3 is 1. The molecular weight excluding hydrogens is 432 g/mol. The second-order valence-corrected chi connectivity index (χ2v) is 10.3. The minimum atomic E-state index is -1.06. The van der Waals surface area contributed by atoms with E-state index < -0.39 is 35.1 Å². The first-order chi connectivity index (χ1) is 16.0. The largest absolute Gasteiger partial charge is 0.497 e. The van der Waals surface area contributed by atoms with Crippen molar-refractivity contribution in [3.63, 3.8) is 0 Å². The molecule has 0 spiro atoms. The molecule has 2 aliphatic carbocycles. The van der Waals surface area contributed by atoms with Crippen LogP contribution in [-0.4, -0.2) is 42.0 Å². The van der Waals surface area contributed by atoms with Gasteiger partial charge < -0.3 is 19.3 Å². The molecule has 6 heteroatoms. The van der Waals surface area contributed by atoms with Gasteiger partial charge in [-0.05, 0) is 69.9 Å². The van der Waals surface area contributed by atoms with Gasteiger partial charge in [-0.25, -0.2) is 9.59 Å². The smallest absolute Gasteiger partial charge is 0.338 e. The molecule has 0 amide bonds. The highest BCUT2D eigenvalue weighted by Gasteiger charge is 2.63. The lowest BCUT2D eigenvalue weighted by molar-refractivity contribution is -0.159. The van der Waals surface area contributed by atoms with Gasteiger partial charge in [-0.1, -0.05) is 32.4 Å².